The first-order valence-corrected chi connectivity index (χ1v) is 10.1. The molecule has 1 aliphatic rings. The van der Waals surface area contributed by atoms with E-state index in [1.165, 1.54) is 4.31 Å². The van der Waals surface area contributed by atoms with Crippen molar-refractivity contribution < 1.29 is 18.3 Å². The average Bonchev–Trinajstić information content (AvgIpc) is 2.51. The van der Waals surface area contributed by atoms with Crippen LogP contribution in [0.3, 0.4) is 0 Å². The van der Waals surface area contributed by atoms with Crippen molar-refractivity contribution in [2.24, 2.45) is 5.92 Å². The minimum Gasteiger partial charge on any atom is -0.392 e. The second-order valence-corrected chi connectivity index (χ2v) is 8.88. The molecule has 1 aromatic rings. The first kappa shape index (κ1) is 19.9. The standard InChI is InChI=1S/C18H28N2O4S/c1-12-9-13(2)17(14(3)10-12)25(23,24)20-7-5-16(6-8-20)18(22)19-11-15(4)21/h9-10,15-16,21H,5-8,11H2,1-4H3,(H,19,22). The zero-order valence-corrected chi connectivity index (χ0v) is 16.2. The van der Waals surface area contributed by atoms with Crippen molar-refractivity contribution in [3.8, 4) is 0 Å². The van der Waals surface area contributed by atoms with Crippen molar-refractivity contribution in [2.75, 3.05) is 19.6 Å². The van der Waals surface area contributed by atoms with Gasteiger partial charge in [0, 0.05) is 25.6 Å². The molecule has 0 aromatic heterocycles. The molecule has 140 valence electrons. The zero-order valence-electron chi connectivity index (χ0n) is 15.4. The van der Waals surface area contributed by atoms with E-state index in [0.717, 1.165) is 16.7 Å². The summed E-state index contributed by atoms with van der Waals surface area (Å²) < 4.78 is 27.5. The number of rotatable bonds is 5. The van der Waals surface area contributed by atoms with E-state index in [4.69, 9.17) is 0 Å². The number of hydrogen-bond donors (Lipinski definition) is 2. The molecule has 1 heterocycles. The number of aliphatic hydroxyl groups is 1. The van der Waals surface area contributed by atoms with Gasteiger partial charge in [0.05, 0.1) is 11.0 Å². The largest absolute Gasteiger partial charge is 0.392 e. The summed E-state index contributed by atoms with van der Waals surface area (Å²) in [6.07, 6.45) is 0.404. The summed E-state index contributed by atoms with van der Waals surface area (Å²) in [7, 11) is -3.55. The molecular formula is C18H28N2O4S. The maximum atomic E-state index is 13.0. The van der Waals surface area contributed by atoms with E-state index in [2.05, 4.69) is 5.32 Å². The number of aryl methyl sites for hydroxylation is 3. The molecule has 1 aromatic carbocycles. The molecule has 1 unspecified atom stereocenters. The number of nitrogens with zero attached hydrogens (tertiary/aromatic N) is 1. The Morgan fingerprint density at radius 2 is 1.76 bits per heavy atom. The summed E-state index contributed by atoms with van der Waals surface area (Å²) in [5.74, 6) is -0.314. The van der Waals surface area contributed by atoms with Crippen molar-refractivity contribution in [2.45, 2.75) is 51.5 Å². The van der Waals surface area contributed by atoms with Gasteiger partial charge in [0.25, 0.3) is 0 Å². The van der Waals surface area contributed by atoms with Crippen LogP contribution < -0.4 is 5.32 Å². The number of amides is 1. The van der Waals surface area contributed by atoms with Gasteiger partial charge in [-0.1, -0.05) is 17.7 Å². The highest BCUT2D eigenvalue weighted by Crippen LogP contribution is 2.28. The predicted octanol–water partition coefficient (Wildman–Crippen LogP) is 1.51. The van der Waals surface area contributed by atoms with E-state index >= 15 is 0 Å². The Labute approximate surface area is 150 Å². The first-order chi connectivity index (χ1) is 11.6. The van der Waals surface area contributed by atoms with Crippen LogP contribution in [-0.4, -0.2) is 49.5 Å². The second-order valence-electron chi connectivity index (χ2n) is 7.00. The molecule has 7 heteroatoms. The highest BCUT2D eigenvalue weighted by Gasteiger charge is 2.33. The SMILES string of the molecule is Cc1cc(C)c(S(=O)(=O)N2CCC(C(=O)NCC(C)O)CC2)c(C)c1. The number of sulfonamides is 1. The molecule has 1 amide bonds. The topological polar surface area (TPSA) is 86.7 Å². The molecule has 0 radical (unpaired) electrons. The van der Waals surface area contributed by atoms with E-state index in [1.54, 1.807) is 6.92 Å². The molecule has 0 aliphatic carbocycles. The Balaban J connectivity index is 2.08. The molecule has 0 bridgehead atoms. The van der Waals surface area contributed by atoms with Crippen LogP contribution in [0.4, 0.5) is 0 Å². The van der Waals surface area contributed by atoms with Crippen molar-refractivity contribution in [1.29, 1.82) is 0 Å². The van der Waals surface area contributed by atoms with Gasteiger partial charge in [-0.15, -0.1) is 0 Å². The van der Waals surface area contributed by atoms with Gasteiger partial charge in [0.15, 0.2) is 0 Å². The van der Waals surface area contributed by atoms with Gasteiger partial charge in [-0.3, -0.25) is 4.79 Å². The van der Waals surface area contributed by atoms with Gasteiger partial charge < -0.3 is 10.4 Å². The van der Waals surface area contributed by atoms with Crippen LogP contribution in [0, 0.1) is 26.7 Å². The molecule has 2 rings (SSSR count). The maximum absolute atomic E-state index is 13.0. The van der Waals surface area contributed by atoms with Crippen LogP contribution in [0.25, 0.3) is 0 Å². The third-order valence-electron chi connectivity index (χ3n) is 4.60. The highest BCUT2D eigenvalue weighted by molar-refractivity contribution is 7.89. The zero-order chi connectivity index (χ0) is 18.8. The van der Waals surface area contributed by atoms with Gasteiger partial charge in [-0.2, -0.15) is 4.31 Å². The molecule has 1 fully saturated rings. The number of benzene rings is 1. The quantitative estimate of drug-likeness (QED) is 0.825. The van der Waals surface area contributed by atoms with Crippen molar-refractivity contribution in [3.63, 3.8) is 0 Å². The van der Waals surface area contributed by atoms with Crippen molar-refractivity contribution in [1.82, 2.24) is 9.62 Å². The first-order valence-electron chi connectivity index (χ1n) is 8.66. The van der Waals surface area contributed by atoms with E-state index < -0.39 is 16.1 Å². The Morgan fingerprint density at radius 3 is 2.24 bits per heavy atom. The smallest absolute Gasteiger partial charge is 0.243 e. The molecule has 2 N–H and O–H groups in total. The number of piperidine rings is 1. The third-order valence-corrected chi connectivity index (χ3v) is 6.80. The highest BCUT2D eigenvalue weighted by atomic mass is 32.2. The monoisotopic (exact) mass is 368 g/mol. The number of nitrogens with one attached hydrogen (secondary N) is 1. The maximum Gasteiger partial charge on any atom is 0.243 e. The lowest BCUT2D eigenvalue weighted by molar-refractivity contribution is -0.126. The summed E-state index contributed by atoms with van der Waals surface area (Å²) in [6, 6.07) is 3.77. The van der Waals surface area contributed by atoms with Gasteiger partial charge in [0.1, 0.15) is 0 Å². The molecule has 1 atom stereocenters. The minimum absolute atomic E-state index is 0.111. The summed E-state index contributed by atoms with van der Waals surface area (Å²) in [4.78, 5) is 12.5. The van der Waals surface area contributed by atoms with Crippen LogP contribution >= 0.6 is 0 Å². The summed E-state index contributed by atoms with van der Waals surface area (Å²) in [6.45, 7) is 8.10. The number of hydrogen-bond acceptors (Lipinski definition) is 4. The lowest BCUT2D eigenvalue weighted by Crippen LogP contribution is -2.44. The van der Waals surface area contributed by atoms with Crippen LogP contribution in [0.2, 0.25) is 0 Å². The number of carbonyl (C=O) groups excluding carboxylic acids is 1. The Hall–Kier alpha value is -1.44. The van der Waals surface area contributed by atoms with E-state index in [1.807, 2.05) is 32.9 Å². The van der Waals surface area contributed by atoms with Crippen LogP contribution in [0.5, 0.6) is 0 Å². The lowest BCUT2D eigenvalue weighted by atomic mass is 9.97. The minimum atomic E-state index is -3.55. The average molecular weight is 368 g/mol. The molecule has 0 saturated carbocycles. The lowest BCUT2D eigenvalue weighted by Gasteiger charge is -2.31. The third kappa shape index (κ3) is 4.59. The summed E-state index contributed by atoms with van der Waals surface area (Å²) >= 11 is 0. The fourth-order valence-electron chi connectivity index (χ4n) is 3.45. The van der Waals surface area contributed by atoms with Crippen LogP contribution in [0.1, 0.15) is 36.5 Å². The number of aliphatic hydroxyl groups excluding tert-OH is 1. The molecule has 25 heavy (non-hydrogen) atoms. The molecule has 6 nitrogen and oxygen atoms in total. The van der Waals surface area contributed by atoms with Crippen LogP contribution in [-0.2, 0) is 14.8 Å². The summed E-state index contributed by atoms with van der Waals surface area (Å²) in [5.41, 5.74) is 2.56. The fourth-order valence-corrected chi connectivity index (χ4v) is 5.34. The molecular weight excluding hydrogens is 340 g/mol. The second kappa shape index (κ2) is 7.85. The fraction of sp³-hybridized carbons (Fsp3) is 0.611. The van der Waals surface area contributed by atoms with E-state index in [0.29, 0.717) is 30.8 Å². The van der Waals surface area contributed by atoms with E-state index in [-0.39, 0.29) is 18.4 Å². The number of carbonyl (C=O) groups is 1. The molecule has 1 aliphatic heterocycles. The Bertz CT molecular complexity index is 712. The van der Waals surface area contributed by atoms with Gasteiger partial charge in [-0.25, -0.2) is 8.42 Å². The normalized spacial score (nSPS) is 18.1. The van der Waals surface area contributed by atoms with Crippen molar-refractivity contribution in [3.05, 3.63) is 28.8 Å². The van der Waals surface area contributed by atoms with Crippen LogP contribution in [0.15, 0.2) is 17.0 Å². The van der Waals surface area contributed by atoms with Gasteiger partial charge in [0.2, 0.25) is 15.9 Å². The summed E-state index contributed by atoms with van der Waals surface area (Å²) in [5, 5.41) is 11.9. The molecule has 0 spiro atoms. The van der Waals surface area contributed by atoms with Gasteiger partial charge >= 0.3 is 0 Å². The Kier molecular flexibility index (Phi) is 6.24. The van der Waals surface area contributed by atoms with Gasteiger partial charge in [-0.05, 0) is 51.7 Å². The molecule has 1 saturated heterocycles. The van der Waals surface area contributed by atoms with E-state index in [9.17, 15) is 18.3 Å². The Morgan fingerprint density at radius 1 is 1.24 bits per heavy atom. The predicted molar refractivity (Wildman–Crippen MR) is 96.8 cm³/mol. The van der Waals surface area contributed by atoms with Crippen molar-refractivity contribution >= 4 is 15.9 Å².